The molecule has 1 aliphatic heterocycles. The highest BCUT2D eigenvalue weighted by molar-refractivity contribution is 6.29. The van der Waals surface area contributed by atoms with Crippen LogP contribution in [0.3, 0.4) is 0 Å². The number of hydrogen-bond donors (Lipinski definition) is 1. The first-order valence-corrected chi connectivity index (χ1v) is 5.69. The molecule has 1 fully saturated rings. The zero-order chi connectivity index (χ0) is 12.5. The fourth-order valence-electron chi connectivity index (χ4n) is 1.59. The Morgan fingerprint density at radius 2 is 2.35 bits per heavy atom. The summed E-state index contributed by atoms with van der Waals surface area (Å²) in [5, 5.41) is 2.89. The summed E-state index contributed by atoms with van der Waals surface area (Å²) in [5.74, 6) is -0.706. The number of nitrogens with one attached hydrogen (secondary N) is 1. The SMILES string of the molecule is CC1(C)OCC(CNC(=O)c2ccc(Cl)o2)O1. The predicted octanol–water partition coefficient (Wildman–Crippen LogP) is 1.81. The van der Waals surface area contributed by atoms with E-state index >= 15 is 0 Å². The van der Waals surface area contributed by atoms with Crippen molar-refractivity contribution in [3.8, 4) is 0 Å². The Balaban J connectivity index is 1.81. The third-order valence-electron chi connectivity index (χ3n) is 2.35. The first kappa shape index (κ1) is 12.4. The van der Waals surface area contributed by atoms with Crippen LogP contribution in [0, 0.1) is 0 Å². The third kappa shape index (κ3) is 3.21. The van der Waals surface area contributed by atoms with Crippen molar-refractivity contribution in [1.82, 2.24) is 5.32 Å². The van der Waals surface area contributed by atoms with Crippen molar-refractivity contribution in [3.63, 3.8) is 0 Å². The number of ether oxygens (including phenoxy) is 2. The van der Waals surface area contributed by atoms with Crippen LogP contribution in [0.25, 0.3) is 0 Å². The van der Waals surface area contributed by atoms with Crippen LogP contribution in [-0.2, 0) is 9.47 Å². The maximum Gasteiger partial charge on any atom is 0.287 e. The Morgan fingerprint density at radius 3 is 2.88 bits per heavy atom. The van der Waals surface area contributed by atoms with E-state index in [0.29, 0.717) is 13.2 Å². The van der Waals surface area contributed by atoms with Gasteiger partial charge in [0.05, 0.1) is 6.61 Å². The standard InChI is InChI=1S/C11H14ClNO4/c1-11(2)15-6-7(17-11)5-13-10(14)8-3-4-9(12)16-8/h3-4,7H,5-6H2,1-2H3,(H,13,14). The molecule has 1 N–H and O–H groups in total. The molecule has 2 heterocycles. The molecule has 1 aromatic heterocycles. The highest BCUT2D eigenvalue weighted by Gasteiger charge is 2.32. The molecular formula is C11H14ClNO4. The molecule has 2 rings (SSSR count). The average molecular weight is 260 g/mol. The predicted molar refractivity (Wildman–Crippen MR) is 61.0 cm³/mol. The van der Waals surface area contributed by atoms with Crippen molar-refractivity contribution in [2.24, 2.45) is 0 Å². The summed E-state index contributed by atoms with van der Waals surface area (Å²) in [7, 11) is 0. The molecule has 0 saturated carbocycles. The van der Waals surface area contributed by atoms with Crippen LogP contribution in [0.4, 0.5) is 0 Å². The summed E-state index contributed by atoms with van der Waals surface area (Å²) < 4.78 is 15.9. The topological polar surface area (TPSA) is 60.7 Å². The highest BCUT2D eigenvalue weighted by atomic mass is 35.5. The molecule has 1 saturated heterocycles. The van der Waals surface area contributed by atoms with Gasteiger partial charge in [-0.2, -0.15) is 0 Å². The van der Waals surface area contributed by atoms with E-state index in [-0.39, 0.29) is 23.0 Å². The third-order valence-corrected chi connectivity index (χ3v) is 2.56. The van der Waals surface area contributed by atoms with E-state index in [2.05, 4.69) is 5.32 Å². The number of halogens is 1. The van der Waals surface area contributed by atoms with Gasteiger partial charge in [0.15, 0.2) is 16.8 Å². The van der Waals surface area contributed by atoms with Gasteiger partial charge in [-0.3, -0.25) is 4.79 Å². The van der Waals surface area contributed by atoms with E-state index in [1.165, 1.54) is 12.1 Å². The van der Waals surface area contributed by atoms with Gasteiger partial charge in [0, 0.05) is 6.54 Å². The van der Waals surface area contributed by atoms with Crippen molar-refractivity contribution >= 4 is 17.5 Å². The largest absolute Gasteiger partial charge is 0.440 e. The summed E-state index contributed by atoms with van der Waals surface area (Å²) in [6.07, 6.45) is -0.139. The molecule has 1 amide bonds. The van der Waals surface area contributed by atoms with Gasteiger partial charge in [-0.15, -0.1) is 0 Å². The van der Waals surface area contributed by atoms with Crippen molar-refractivity contribution in [2.75, 3.05) is 13.2 Å². The fraction of sp³-hybridized carbons (Fsp3) is 0.545. The fourth-order valence-corrected chi connectivity index (χ4v) is 1.74. The Bertz CT molecular complexity index is 415. The van der Waals surface area contributed by atoms with Crippen LogP contribution in [0.1, 0.15) is 24.4 Å². The lowest BCUT2D eigenvalue weighted by molar-refractivity contribution is -0.137. The minimum atomic E-state index is -0.580. The van der Waals surface area contributed by atoms with E-state index < -0.39 is 5.79 Å². The van der Waals surface area contributed by atoms with Crippen molar-refractivity contribution in [3.05, 3.63) is 23.1 Å². The maximum absolute atomic E-state index is 11.6. The zero-order valence-electron chi connectivity index (χ0n) is 9.66. The van der Waals surface area contributed by atoms with E-state index in [0.717, 1.165) is 0 Å². The van der Waals surface area contributed by atoms with Gasteiger partial charge in [0.1, 0.15) is 6.10 Å². The summed E-state index contributed by atoms with van der Waals surface area (Å²) in [5.41, 5.74) is 0. The van der Waals surface area contributed by atoms with Gasteiger partial charge < -0.3 is 19.2 Å². The van der Waals surface area contributed by atoms with Gasteiger partial charge in [-0.05, 0) is 37.6 Å². The minimum absolute atomic E-state index is 0.139. The first-order valence-electron chi connectivity index (χ1n) is 5.31. The van der Waals surface area contributed by atoms with Crippen LogP contribution in [-0.4, -0.2) is 30.9 Å². The molecule has 1 aliphatic rings. The molecule has 0 spiro atoms. The molecule has 6 heteroatoms. The van der Waals surface area contributed by atoms with Crippen LogP contribution in [0.15, 0.2) is 16.5 Å². The summed E-state index contributed by atoms with van der Waals surface area (Å²) in [6.45, 7) is 4.51. The number of carbonyl (C=O) groups excluding carboxylic acids is 1. The molecule has 94 valence electrons. The Morgan fingerprint density at radius 1 is 1.59 bits per heavy atom. The van der Waals surface area contributed by atoms with Gasteiger partial charge in [-0.1, -0.05) is 0 Å². The molecule has 0 aliphatic carbocycles. The quantitative estimate of drug-likeness (QED) is 0.899. The number of furan rings is 1. The van der Waals surface area contributed by atoms with Crippen LogP contribution in [0.2, 0.25) is 5.22 Å². The second kappa shape index (κ2) is 4.68. The van der Waals surface area contributed by atoms with Crippen molar-refractivity contribution < 1.29 is 18.7 Å². The van der Waals surface area contributed by atoms with Gasteiger partial charge in [0.2, 0.25) is 0 Å². The van der Waals surface area contributed by atoms with E-state index in [4.69, 9.17) is 25.5 Å². The van der Waals surface area contributed by atoms with E-state index in [9.17, 15) is 4.79 Å². The maximum atomic E-state index is 11.6. The number of carbonyl (C=O) groups is 1. The summed E-state index contributed by atoms with van der Waals surface area (Å²) >= 11 is 5.58. The molecular weight excluding hydrogens is 246 g/mol. The summed E-state index contributed by atoms with van der Waals surface area (Å²) in [6, 6.07) is 3.04. The molecule has 1 aromatic rings. The normalized spacial score (nSPS) is 22.6. The average Bonchev–Trinajstić information content (AvgIpc) is 2.81. The lowest BCUT2D eigenvalue weighted by atomic mass is 10.3. The molecule has 0 bridgehead atoms. The molecule has 5 nitrogen and oxygen atoms in total. The zero-order valence-corrected chi connectivity index (χ0v) is 10.4. The molecule has 1 unspecified atom stereocenters. The number of hydrogen-bond acceptors (Lipinski definition) is 4. The van der Waals surface area contributed by atoms with Gasteiger partial charge in [-0.25, -0.2) is 0 Å². The van der Waals surface area contributed by atoms with E-state index in [1.54, 1.807) is 0 Å². The van der Waals surface area contributed by atoms with Crippen molar-refractivity contribution in [2.45, 2.75) is 25.7 Å². The minimum Gasteiger partial charge on any atom is -0.440 e. The first-order chi connectivity index (χ1) is 7.96. The molecule has 0 aromatic carbocycles. The summed E-state index contributed by atoms with van der Waals surface area (Å²) in [4.78, 5) is 11.6. The Labute approximate surface area is 104 Å². The van der Waals surface area contributed by atoms with Crippen LogP contribution < -0.4 is 5.32 Å². The van der Waals surface area contributed by atoms with Crippen molar-refractivity contribution in [1.29, 1.82) is 0 Å². The monoisotopic (exact) mass is 259 g/mol. The van der Waals surface area contributed by atoms with Crippen LogP contribution in [0.5, 0.6) is 0 Å². The van der Waals surface area contributed by atoms with E-state index in [1.807, 2.05) is 13.8 Å². The lowest BCUT2D eigenvalue weighted by Gasteiger charge is -2.17. The lowest BCUT2D eigenvalue weighted by Crippen LogP contribution is -2.34. The Hall–Kier alpha value is -1.04. The number of rotatable bonds is 3. The highest BCUT2D eigenvalue weighted by Crippen LogP contribution is 2.21. The Kier molecular flexibility index (Phi) is 3.42. The second-order valence-corrected chi connectivity index (χ2v) is 4.64. The van der Waals surface area contributed by atoms with Gasteiger partial charge in [0.25, 0.3) is 5.91 Å². The number of amides is 1. The molecule has 1 atom stereocenters. The second-order valence-electron chi connectivity index (χ2n) is 4.26. The van der Waals surface area contributed by atoms with Gasteiger partial charge >= 0.3 is 0 Å². The van der Waals surface area contributed by atoms with Crippen LogP contribution >= 0.6 is 11.6 Å². The molecule has 17 heavy (non-hydrogen) atoms. The molecule has 0 radical (unpaired) electrons. The smallest absolute Gasteiger partial charge is 0.287 e.